The van der Waals surface area contributed by atoms with E-state index in [1.165, 1.54) is 0 Å². The van der Waals surface area contributed by atoms with E-state index < -0.39 is 110 Å². The van der Waals surface area contributed by atoms with Gasteiger partial charge < -0.3 is 46.5 Å². The Balaban J connectivity index is 1.06. The summed E-state index contributed by atoms with van der Waals surface area (Å²) in [5.74, 6) is -9.38. The lowest BCUT2D eigenvalue weighted by Gasteiger charge is -2.41. The lowest BCUT2D eigenvalue weighted by molar-refractivity contribution is -0.153. The summed E-state index contributed by atoms with van der Waals surface area (Å²) in [5, 5.41) is 46.5. The van der Waals surface area contributed by atoms with Crippen LogP contribution in [0.5, 0.6) is 11.5 Å². The molecule has 6 rings (SSSR count). The number of oxime groups is 1. The molecular weight excluding hydrogens is 784 g/mol. The molecule has 286 valence electrons. The molecule has 4 heterocycles. The van der Waals surface area contributed by atoms with Crippen molar-refractivity contribution in [3.8, 4) is 11.5 Å². The summed E-state index contributed by atoms with van der Waals surface area (Å²) < 4.78 is 3.90. The number of amides is 6. The highest BCUT2D eigenvalue weighted by Crippen LogP contribution is 2.49. The van der Waals surface area contributed by atoms with Gasteiger partial charge in [0.25, 0.3) is 17.6 Å². The number of nitrogens with two attached hydrogens (primary N) is 1. The van der Waals surface area contributed by atoms with E-state index in [4.69, 9.17) is 22.2 Å². The number of carbonyl (C=O) groups is 8. The van der Waals surface area contributed by atoms with Gasteiger partial charge in [0.2, 0.25) is 33.8 Å². The summed E-state index contributed by atoms with van der Waals surface area (Å²) >= 11 is 7.23. The van der Waals surface area contributed by atoms with Crippen LogP contribution in [-0.4, -0.2) is 146 Å². The molecule has 1 saturated carbocycles. The molecule has 0 unspecified atom stereocenters. The number of benzene rings is 1. The number of β-lactam (4-membered cyclic amide) rings is 1. The number of hydrazine groups is 1. The molecule has 3 saturated heterocycles. The molecule has 26 heteroatoms. The van der Waals surface area contributed by atoms with Crippen LogP contribution in [0.15, 0.2) is 17.3 Å². The number of rotatable bonds is 14. The number of ketones is 1. The Kier molecular flexibility index (Phi) is 9.89. The van der Waals surface area contributed by atoms with E-state index in [9.17, 15) is 58.8 Å². The number of urea groups is 1. The fraction of sp³-hybridized carbons (Fsp3) is 0.393. The number of carboxylic acids is 2. The number of halogens is 1. The van der Waals surface area contributed by atoms with Crippen molar-refractivity contribution in [3.63, 3.8) is 0 Å². The van der Waals surface area contributed by atoms with E-state index in [-0.39, 0.29) is 43.4 Å². The van der Waals surface area contributed by atoms with Gasteiger partial charge >= 0.3 is 18.0 Å². The average molecular weight is 811 g/mol. The lowest BCUT2D eigenvalue weighted by Crippen LogP contribution is -2.68. The number of aromatic hydroxyl groups is 2. The Labute approximate surface area is 314 Å². The fourth-order valence-electron chi connectivity index (χ4n) is 5.53. The molecule has 6 amide bonds. The second kappa shape index (κ2) is 14.1. The zero-order valence-electron chi connectivity index (χ0n) is 27.2. The van der Waals surface area contributed by atoms with Crippen LogP contribution in [0.1, 0.15) is 35.4 Å². The first kappa shape index (κ1) is 37.8. The number of aromatic nitrogens is 2. The molecule has 3 aliphatic heterocycles. The van der Waals surface area contributed by atoms with Gasteiger partial charge in [-0.3, -0.25) is 34.3 Å². The third-order valence-corrected chi connectivity index (χ3v) is 11.2. The SMILES string of the molecule is Nc1nc(/C(=N/OC2(C(=O)O)CC2)C(=O)N[C@@H]2C(=O)N3C[C@@](C(=O)O)(N4CCN(NC(=O)CCNC(=O)C(=O)c5ccc(O)c(O)c5Cl)C4=O)S[C@H]23)ns1. The first-order valence-electron chi connectivity index (χ1n) is 15.5. The van der Waals surface area contributed by atoms with E-state index in [0.717, 1.165) is 26.9 Å². The first-order chi connectivity index (χ1) is 25.5. The smallest absolute Gasteiger partial charge is 0.350 e. The number of carboxylic acid groups (broad SMARTS) is 2. The highest BCUT2D eigenvalue weighted by Gasteiger charge is 2.66. The summed E-state index contributed by atoms with van der Waals surface area (Å²) in [6.07, 6.45) is -0.177. The van der Waals surface area contributed by atoms with Crippen LogP contribution in [0.2, 0.25) is 5.02 Å². The van der Waals surface area contributed by atoms with Crippen molar-refractivity contribution < 1.29 is 63.6 Å². The van der Waals surface area contributed by atoms with E-state index in [1.54, 1.807) is 0 Å². The van der Waals surface area contributed by atoms with Gasteiger partial charge in [0.1, 0.15) is 11.4 Å². The molecule has 1 aromatic carbocycles. The van der Waals surface area contributed by atoms with Gasteiger partial charge in [-0.2, -0.15) is 9.36 Å². The van der Waals surface area contributed by atoms with Crippen molar-refractivity contribution in [3.05, 3.63) is 28.5 Å². The normalized spacial score (nSPS) is 22.6. The number of phenols is 2. The van der Waals surface area contributed by atoms with Crippen LogP contribution in [0, 0.1) is 0 Å². The number of thioether (sulfide) groups is 1. The quantitative estimate of drug-likeness (QED) is 0.0252. The topological polar surface area (TPSA) is 337 Å². The highest BCUT2D eigenvalue weighted by atomic mass is 35.5. The number of aliphatic carboxylic acids is 2. The molecule has 1 aromatic heterocycles. The van der Waals surface area contributed by atoms with E-state index in [0.29, 0.717) is 23.3 Å². The van der Waals surface area contributed by atoms with E-state index in [1.807, 2.05) is 0 Å². The second-order valence-corrected chi connectivity index (χ2v) is 14.6. The van der Waals surface area contributed by atoms with Crippen LogP contribution in [-0.2, 0) is 33.6 Å². The number of hydrogen-bond donors (Lipinski definition) is 8. The highest BCUT2D eigenvalue weighted by molar-refractivity contribution is 8.02. The molecule has 0 spiro atoms. The van der Waals surface area contributed by atoms with Crippen molar-refractivity contribution in [2.45, 2.75) is 41.2 Å². The van der Waals surface area contributed by atoms with Crippen molar-refractivity contribution in [2.75, 3.05) is 31.9 Å². The van der Waals surface area contributed by atoms with Crippen LogP contribution in [0.25, 0.3) is 0 Å². The zero-order chi connectivity index (χ0) is 39.3. The maximum absolute atomic E-state index is 13.4. The predicted molar refractivity (Wildman–Crippen MR) is 181 cm³/mol. The van der Waals surface area contributed by atoms with Gasteiger partial charge in [0, 0.05) is 43.9 Å². The van der Waals surface area contributed by atoms with Gasteiger partial charge in [0.05, 0.1) is 23.7 Å². The summed E-state index contributed by atoms with van der Waals surface area (Å²) in [6, 6.07) is -0.267. The standard InChI is InChI=1S/C28H27ClN10O13S2/c29-13-10(1-2-11(40)17(13)43)16(42)20(45)31-6-3-12(41)34-39-8-7-38(26(39)51)28(24(49)50)9-37-21(46)15(22(37)53-28)32-19(44)14(18-33-25(30)54-36-18)35-52-27(4-5-27)23(47)48/h1-2,15,22,40,43H,3-9H2,(H,31,45)(H,32,44)(H,34,41)(H,47,48)(H,49,50)(H2,30,33,36)/b35-14-/t15-,22-,28-/m1/s1. The molecule has 4 fully saturated rings. The largest absolute Gasteiger partial charge is 0.504 e. The number of anilines is 1. The number of Topliss-reactive ketones (excluding diaryl/α,β-unsaturated/α-hetero) is 1. The summed E-state index contributed by atoms with van der Waals surface area (Å²) in [6.45, 7) is -1.23. The lowest BCUT2D eigenvalue weighted by atomic mass is 10.1. The van der Waals surface area contributed by atoms with Crippen molar-refractivity contribution in [1.82, 2.24) is 40.2 Å². The molecular formula is C28H27ClN10O13S2. The van der Waals surface area contributed by atoms with Gasteiger partial charge in [-0.25, -0.2) is 19.4 Å². The molecule has 1 aliphatic carbocycles. The second-order valence-electron chi connectivity index (χ2n) is 12.1. The minimum atomic E-state index is -2.04. The minimum absolute atomic E-state index is 0.0487. The van der Waals surface area contributed by atoms with Crippen LogP contribution < -0.4 is 21.8 Å². The monoisotopic (exact) mass is 810 g/mol. The summed E-state index contributed by atoms with van der Waals surface area (Å²) in [7, 11) is 0. The number of nitrogens with one attached hydrogen (secondary N) is 3. The average Bonchev–Trinajstić information content (AvgIpc) is 3.47. The Hall–Kier alpha value is -5.95. The number of nitrogens with zero attached hydrogens (tertiary/aromatic N) is 6. The van der Waals surface area contributed by atoms with Crippen molar-refractivity contribution >= 4 is 93.1 Å². The first-order valence-corrected chi connectivity index (χ1v) is 17.6. The van der Waals surface area contributed by atoms with Crippen molar-refractivity contribution in [2.24, 2.45) is 5.16 Å². The molecule has 23 nitrogen and oxygen atoms in total. The zero-order valence-corrected chi connectivity index (χ0v) is 29.6. The molecule has 0 bridgehead atoms. The van der Waals surface area contributed by atoms with Gasteiger partial charge in [-0.05, 0) is 12.1 Å². The third-order valence-electron chi connectivity index (χ3n) is 8.62. The van der Waals surface area contributed by atoms with Crippen LogP contribution >= 0.6 is 34.9 Å². The van der Waals surface area contributed by atoms with Gasteiger partial charge in [-0.1, -0.05) is 28.5 Å². The van der Waals surface area contributed by atoms with Gasteiger partial charge in [-0.15, -0.1) is 0 Å². The fourth-order valence-corrected chi connectivity index (χ4v) is 7.84. The number of phenolic OH excluding ortho intramolecular Hbond substituents is 2. The van der Waals surface area contributed by atoms with Crippen LogP contribution in [0.3, 0.4) is 0 Å². The molecule has 4 aliphatic rings. The molecule has 3 atom stereocenters. The number of hydrogen-bond acceptors (Lipinski definition) is 17. The van der Waals surface area contributed by atoms with Crippen molar-refractivity contribution in [1.29, 1.82) is 0 Å². The predicted octanol–water partition coefficient (Wildman–Crippen LogP) is -2.14. The minimum Gasteiger partial charge on any atom is -0.504 e. The number of nitrogen functional groups attached to an aromatic ring is 1. The molecule has 9 N–H and O–H groups in total. The molecule has 0 radical (unpaired) electrons. The van der Waals surface area contributed by atoms with Gasteiger partial charge in [0.15, 0.2) is 16.6 Å². The Bertz CT molecular complexity index is 2040. The molecule has 2 aromatic rings. The Morgan fingerprint density at radius 2 is 1.80 bits per heavy atom. The maximum atomic E-state index is 13.4. The van der Waals surface area contributed by atoms with E-state index in [2.05, 4.69) is 30.6 Å². The number of carbonyl (C=O) groups excluding carboxylic acids is 6. The summed E-state index contributed by atoms with van der Waals surface area (Å²) in [4.78, 5) is 111. The van der Waals surface area contributed by atoms with E-state index >= 15 is 0 Å². The maximum Gasteiger partial charge on any atom is 0.350 e. The Morgan fingerprint density at radius 1 is 1.07 bits per heavy atom. The third kappa shape index (κ3) is 6.71. The summed E-state index contributed by atoms with van der Waals surface area (Å²) in [5.41, 5.74) is 5.31. The Morgan fingerprint density at radius 3 is 2.43 bits per heavy atom. The van der Waals surface area contributed by atoms with Crippen LogP contribution in [0.4, 0.5) is 9.93 Å². The number of fused-ring (bicyclic) bond motifs is 1. The molecule has 54 heavy (non-hydrogen) atoms.